The zero-order chi connectivity index (χ0) is 7.82. The van der Waals surface area contributed by atoms with Crippen molar-refractivity contribution in [3.63, 3.8) is 0 Å². The van der Waals surface area contributed by atoms with Gasteiger partial charge in [0.2, 0.25) is 0 Å². The van der Waals surface area contributed by atoms with Crippen molar-refractivity contribution in [1.29, 1.82) is 0 Å². The number of rotatable bonds is 6. The van der Waals surface area contributed by atoms with Gasteiger partial charge in [-0.15, -0.1) is 0 Å². The van der Waals surface area contributed by atoms with E-state index in [4.69, 9.17) is 10.8 Å². The van der Waals surface area contributed by atoms with Crippen molar-refractivity contribution in [2.45, 2.75) is 45.1 Å². The van der Waals surface area contributed by atoms with E-state index in [2.05, 4.69) is 6.92 Å². The summed E-state index contributed by atoms with van der Waals surface area (Å²) in [6.07, 6.45) is 5.48. The van der Waals surface area contributed by atoms with Crippen LogP contribution in [0, 0.1) is 0 Å². The van der Waals surface area contributed by atoms with Crippen LogP contribution in [0.5, 0.6) is 0 Å². The third-order valence-electron chi connectivity index (χ3n) is 1.66. The lowest BCUT2D eigenvalue weighted by Crippen LogP contribution is -2.19. The molecule has 0 fully saturated rings. The molecule has 3 N–H and O–H groups in total. The molecule has 0 aromatic heterocycles. The molecule has 0 amide bonds. The summed E-state index contributed by atoms with van der Waals surface area (Å²) in [6, 6.07) is 0. The lowest BCUT2D eigenvalue weighted by atomic mass is 10.1. The highest BCUT2D eigenvalue weighted by molar-refractivity contribution is 4.54. The van der Waals surface area contributed by atoms with E-state index < -0.39 is 0 Å². The van der Waals surface area contributed by atoms with Gasteiger partial charge in [-0.2, -0.15) is 0 Å². The molecule has 2 nitrogen and oxygen atoms in total. The molecule has 0 spiro atoms. The van der Waals surface area contributed by atoms with Crippen LogP contribution in [0.1, 0.15) is 39.0 Å². The van der Waals surface area contributed by atoms with E-state index in [-0.39, 0.29) is 6.10 Å². The highest BCUT2D eigenvalue weighted by Crippen LogP contribution is 2.04. The first-order valence-electron chi connectivity index (χ1n) is 4.19. The van der Waals surface area contributed by atoms with Crippen molar-refractivity contribution in [3.05, 3.63) is 0 Å². The smallest absolute Gasteiger partial charge is 0.0662 e. The standard InChI is InChI=1S/C8H19NO/c1-2-3-4-5-6-8(10)7-9/h8,10H,2-7,9H2,1H3/t8-/m0/s1. The summed E-state index contributed by atoms with van der Waals surface area (Å²) >= 11 is 0. The molecular weight excluding hydrogens is 126 g/mol. The van der Waals surface area contributed by atoms with Crippen LogP contribution in [0.25, 0.3) is 0 Å². The topological polar surface area (TPSA) is 46.2 Å². The SMILES string of the molecule is CCCCCC[C@H](O)CN. The molecule has 0 saturated heterocycles. The molecule has 0 aliphatic heterocycles. The van der Waals surface area contributed by atoms with E-state index in [1.807, 2.05) is 0 Å². The van der Waals surface area contributed by atoms with E-state index in [1.54, 1.807) is 0 Å². The van der Waals surface area contributed by atoms with Crippen LogP contribution in [0.2, 0.25) is 0 Å². The quantitative estimate of drug-likeness (QED) is 0.553. The Morgan fingerprint density at radius 1 is 1.30 bits per heavy atom. The Kier molecular flexibility index (Phi) is 6.98. The van der Waals surface area contributed by atoms with Gasteiger partial charge in [-0.05, 0) is 6.42 Å². The van der Waals surface area contributed by atoms with Gasteiger partial charge in [-0.25, -0.2) is 0 Å². The van der Waals surface area contributed by atoms with Gasteiger partial charge in [0.1, 0.15) is 0 Å². The van der Waals surface area contributed by atoms with Gasteiger partial charge in [0, 0.05) is 6.54 Å². The summed E-state index contributed by atoms with van der Waals surface area (Å²) in [4.78, 5) is 0. The maximum atomic E-state index is 9.03. The largest absolute Gasteiger partial charge is 0.392 e. The zero-order valence-corrected chi connectivity index (χ0v) is 6.84. The Morgan fingerprint density at radius 3 is 2.50 bits per heavy atom. The van der Waals surface area contributed by atoms with Gasteiger partial charge in [0.25, 0.3) is 0 Å². The third kappa shape index (κ3) is 6.05. The molecule has 2 heteroatoms. The van der Waals surface area contributed by atoms with Crippen LogP contribution >= 0.6 is 0 Å². The van der Waals surface area contributed by atoms with Crippen molar-refractivity contribution in [2.24, 2.45) is 5.73 Å². The number of hydrogen-bond acceptors (Lipinski definition) is 2. The first-order chi connectivity index (χ1) is 4.81. The molecule has 0 radical (unpaired) electrons. The molecule has 0 aliphatic rings. The number of aliphatic hydroxyl groups excluding tert-OH is 1. The van der Waals surface area contributed by atoms with E-state index >= 15 is 0 Å². The molecule has 62 valence electrons. The molecule has 1 atom stereocenters. The van der Waals surface area contributed by atoms with Crippen molar-refractivity contribution >= 4 is 0 Å². The van der Waals surface area contributed by atoms with Crippen LogP contribution in [0.3, 0.4) is 0 Å². The second-order valence-electron chi connectivity index (χ2n) is 2.74. The average Bonchev–Trinajstić information content (AvgIpc) is 1.98. The van der Waals surface area contributed by atoms with Crippen molar-refractivity contribution in [3.8, 4) is 0 Å². The monoisotopic (exact) mass is 145 g/mol. The van der Waals surface area contributed by atoms with Crippen LogP contribution in [-0.4, -0.2) is 17.8 Å². The lowest BCUT2D eigenvalue weighted by Gasteiger charge is -2.05. The van der Waals surface area contributed by atoms with Crippen LogP contribution in [0.4, 0.5) is 0 Å². The minimum atomic E-state index is -0.267. The molecule has 0 aromatic carbocycles. The van der Waals surface area contributed by atoms with Gasteiger partial charge in [-0.3, -0.25) is 0 Å². The van der Waals surface area contributed by atoms with E-state index in [0.29, 0.717) is 6.54 Å². The Morgan fingerprint density at radius 2 is 2.00 bits per heavy atom. The molecule has 0 bridgehead atoms. The van der Waals surface area contributed by atoms with Gasteiger partial charge >= 0.3 is 0 Å². The van der Waals surface area contributed by atoms with Crippen LogP contribution < -0.4 is 5.73 Å². The molecule has 0 aromatic rings. The first-order valence-corrected chi connectivity index (χ1v) is 4.19. The van der Waals surface area contributed by atoms with E-state index in [1.165, 1.54) is 19.3 Å². The number of unbranched alkanes of at least 4 members (excludes halogenated alkanes) is 3. The summed E-state index contributed by atoms with van der Waals surface area (Å²) in [5.74, 6) is 0. The predicted molar refractivity (Wildman–Crippen MR) is 43.8 cm³/mol. The minimum Gasteiger partial charge on any atom is -0.392 e. The molecule has 10 heavy (non-hydrogen) atoms. The fraction of sp³-hybridized carbons (Fsp3) is 1.00. The predicted octanol–water partition coefficient (Wildman–Crippen LogP) is 1.28. The Bertz CT molecular complexity index is 66.3. The summed E-state index contributed by atoms with van der Waals surface area (Å²) in [5, 5.41) is 9.03. The van der Waals surface area contributed by atoms with Gasteiger partial charge in [0.05, 0.1) is 6.10 Å². The van der Waals surface area contributed by atoms with Crippen molar-refractivity contribution in [2.75, 3.05) is 6.54 Å². The highest BCUT2D eigenvalue weighted by Gasteiger charge is 1.98. The maximum absolute atomic E-state index is 9.03. The molecule has 0 aliphatic carbocycles. The van der Waals surface area contributed by atoms with Gasteiger partial charge in [-0.1, -0.05) is 32.6 Å². The lowest BCUT2D eigenvalue weighted by molar-refractivity contribution is 0.169. The normalized spacial score (nSPS) is 13.5. The molecular formula is C8H19NO. The van der Waals surface area contributed by atoms with E-state index in [0.717, 1.165) is 12.8 Å². The van der Waals surface area contributed by atoms with Crippen LogP contribution in [-0.2, 0) is 0 Å². The Labute approximate surface area is 63.4 Å². The van der Waals surface area contributed by atoms with Gasteiger partial charge < -0.3 is 10.8 Å². The second-order valence-corrected chi connectivity index (χ2v) is 2.74. The van der Waals surface area contributed by atoms with Crippen molar-refractivity contribution in [1.82, 2.24) is 0 Å². The summed E-state index contributed by atoms with van der Waals surface area (Å²) in [5.41, 5.74) is 5.24. The fourth-order valence-corrected chi connectivity index (χ4v) is 0.925. The number of hydrogen-bond donors (Lipinski definition) is 2. The number of nitrogens with two attached hydrogens (primary N) is 1. The first kappa shape index (κ1) is 9.92. The summed E-state index contributed by atoms with van der Waals surface area (Å²) in [7, 11) is 0. The molecule has 0 heterocycles. The Hall–Kier alpha value is -0.0800. The highest BCUT2D eigenvalue weighted by atomic mass is 16.3. The zero-order valence-electron chi connectivity index (χ0n) is 6.84. The van der Waals surface area contributed by atoms with E-state index in [9.17, 15) is 0 Å². The van der Waals surface area contributed by atoms with Crippen molar-refractivity contribution < 1.29 is 5.11 Å². The maximum Gasteiger partial charge on any atom is 0.0662 e. The fourth-order valence-electron chi connectivity index (χ4n) is 0.925. The van der Waals surface area contributed by atoms with Gasteiger partial charge in [0.15, 0.2) is 0 Å². The summed E-state index contributed by atoms with van der Waals surface area (Å²) < 4.78 is 0. The molecule has 0 unspecified atom stereocenters. The third-order valence-corrected chi connectivity index (χ3v) is 1.66. The summed E-state index contributed by atoms with van der Waals surface area (Å²) in [6.45, 7) is 2.59. The van der Waals surface area contributed by atoms with Crippen LogP contribution in [0.15, 0.2) is 0 Å². The number of aliphatic hydroxyl groups is 1. The molecule has 0 rings (SSSR count). The minimum absolute atomic E-state index is 0.267. The second kappa shape index (κ2) is 7.03. The molecule has 0 saturated carbocycles. The Balaban J connectivity index is 2.89. The average molecular weight is 145 g/mol.